The molecule has 0 spiro atoms. The Bertz CT molecular complexity index is 580. The van der Waals surface area contributed by atoms with Gasteiger partial charge in [-0.25, -0.2) is 0 Å². The van der Waals surface area contributed by atoms with Gasteiger partial charge in [-0.3, -0.25) is 9.79 Å². The van der Waals surface area contributed by atoms with E-state index >= 15 is 0 Å². The molecule has 1 fully saturated rings. The quantitative estimate of drug-likeness (QED) is 0.331. The molecule has 1 amide bonds. The number of furan rings is 1. The van der Waals surface area contributed by atoms with Gasteiger partial charge in [0.2, 0.25) is 0 Å². The molecule has 1 saturated carbocycles. The third kappa shape index (κ3) is 8.03. The second-order valence-corrected chi connectivity index (χ2v) is 6.95. The number of rotatable bonds is 10. The minimum absolute atomic E-state index is 0.169. The van der Waals surface area contributed by atoms with Crippen molar-refractivity contribution in [3.05, 3.63) is 23.7 Å². The Hall–Kier alpha value is -2.02. The van der Waals surface area contributed by atoms with Crippen molar-refractivity contribution in [3.8, 4) is 0 Å². The number of guanidine groups is 1. The highest BCUT2D eigenvalue weighted by Crippen LogP contribution is 2.20. The smallest absolute Gasteiger partial charge is 0.287 e. The fourth-order valence-electron chi connectivity index (χ4n) is 3.16. The summed E-state index contributed by atoms with van der Waals surface area (Å²) in [7, 11) is 1.76. The van der Waals surface area contributed by atoms with Crippen LogP contribution in [-0.2, 0) is 4.74 Å². The van der Waals surface area contributed by atoms with E-state index < -0.39 is 0 Å². The number of amides is 1. The van der Waals surface area contributed by atoms with E-state index in [0.717, 1.165) is 44.1 Å². The molecule has 3 N–H and O–H groups in total. The van der Waals surface area contributed by atoms with Crippen LogP contribution in [0.4, 0.5) is 0 Å². The molecule has 1 aromatic rings. The minimum Gasteiger partial charge on any atom is -0.459 e. The van der Waals surface area contributed by atoms with Crippen molar-refractivity contribution in [1.29, 1.82) is 0 Å². The Balaban J connectivity index is 1.47. The lowest BCUT2D eigenvalue weighted by Gasteiger charge is -2.22. The van der Waals surface area contributed by atoms with Crippen LogP contribution >= 0.6 is 0 Å². The number of ether oxygens (including phenoxy) is 1. The first-order valence-electron chi connectivity index (χ1n) is 10.1. The first kappa shape index (κ1) is 21.3. The summed E-state index contributed by atoms with van der Waals surface area (Å²) >= 11 is 0. The molecule has 1 aliphatic carbocycles. The Morgan fingerprint density at radius 2 is 1.85 bits per heavy atom. The lowest BCUT2D eigenvalue weighted by molar-refractivity contribution is 0.0277. The van der Waals surface area contributed by atoms with E-state index in [4.69, 9.17) is 9.15 Å². The Morgan fingerprint density at radius 3 is 2.52 bits per heavy atom. The standard InChI is InChI=1S/C20H34N4O3/c1-16-10-15-27-18(16)19(25)22-11-6-12-23-20(21-2)24-13-7-14-26-17-8-4-3-5-9-17/h10,15,17H,3-9,11-14H2,1-2H3,(H,22,25)(H2,21,23,24). The number of hydrogen-bond acceptors (Lipinski definition) is 4. The average molecular weight is 379 g/mol. The first-order chi connectivity index (χ1) is 13.2. The molecule has 1 aromatic heterocycles. The highest BCUT2D eigenvalue weighted by Gasteiger charge is 2.13. The summed E-state index contributed by atoms with van der Waals surface area (Å²) in [6.07, 6.45) is 10.2. The predicted octanol–water partition coefficient (Wildman–Crippen LogP) is 2.61. The molecule has 1 aliphatic rings. The van der Waals surface area contributed by atoms with Gasteiger partial charge in [-0.05, 0) is 38.7 Å². The maximum Gasteiger partial charge on any atom is 0.287 e. The largest absolute Gasteiger partial charge is 0.459 e. The number of nitrogens with zero attached hydrogens (tertiary/aromatic N) is 1. The van der Waals surface area contributed by atoms with Gasteiger partial charge in [0.1, 0.15) is 0 Å². The molecule has 1 heterocycles. The second-order valence-electron chi connectivity index (χ2n) is 6.95. The topological polar surface area (TPSA) is 87.9 Å². The number of aryl methyl sites for hydroxylation is 1. The molecular weight excluding hydrogens is 344 g/mol. The molecular formula is C20H34N4O3. The summed E-state index contributed by atoms with van der Waals surface area (Å²) in [6.45, 7) is 4.80. The number of nitrogens with one attached hydrogen (secondary N) is 3. The third-order valence-corrected chi connectivity index (χ3v) is 4.74. The average Bonchev–Trinajstić information content (AvgIpc) is 3.12. The Labute approximate surface area is 162 Å². The van der Waals surface area contributed by atoms with Gasteiger partial charge in [0.15, 0.2) is 11.7 Å². The zero-order valence-electron chi connectivity index (χ0n) is 16.7. The molecule has 0 atom stereocenters. The van der Waals surface area contributed by atoms with Gasteiger partial charge in [0.25, 0.3) is 5.91 Å². The molecule has 0 aliphatic heterocycles. The molecule has 0 aromatic carbocycles. The van der Waals surface area contributed by atoms with Gasteiger partial charge in [-0.2, -0.15) is 0 Å². The van der Waals surface area contributed by atoms with E-state index in [1.807, 2.05) is 6.92 Å². The molecule has 0 bridgehead atoms. The maximum absolute atomic E-state index is 11.9. The van der Waals surface area contributed by atoms with Crippen molar-refractivity contribution in [1.82, 2.24) is 16.0 Å². The third-order valence-electron chi connectivity index (χ3n) is 4.74. The number of carbonyl (C=O) groups is 1. The normalized spacial score (nSPS) is 15.6. The first-order valence-corrected chi connectivity index (χ1v) is 10.1. The van der Waals surface area contributed by atoms with Crippen LogP contribution in [0.1, 0.15) is 61.1 Å². The lowest BCUT2D eigenvalue weighted by Crippen LogP contribution is -2.39. The molecule has 0 unspecified atom stereocenters. The van der Waals surface area contributed by atoms with Gasteiger partial charge < -0.3 is 25.1 Å². The summed E-state index contributed by atoms with van der Waals surface area (Å²) < 4.78 is 11.1. The highest BCUT2D eigenvalue weighted by atomic mass is 16.5. The van der Waals surface area contributed by atoms with Crippen LogP contribution in [0.3, 0.4) is 0 Å². The van der Waals surface area contributed by atoms with E-state index in [-0.39, 0.29) is 5.91 Å². The van der Waals surface area contributed by atoms with Crippen molar-refractivity contribution in [3.63, 3.8) is 0 Å². The molecule has 0 saturated heterocycles. The molecule has 152 valence electrons. The summed E-state index contributed by atoms with van der Waals surface area (Å²) in [5.41, 5.74) is 0.850. The van der Waals surface area contributed by atoms with Crippen LogP contribution in [0.15, 0.2) is 21.7 Å². The Morgan fingerprint density at radius 1 is 1.15 bits per heavy atom. The van der Waals surface area contributed by atoms with Gasteiger partial charge in [-0.1, -0.05) is 19.3 Å². The highest BCUT2D eigenvalue weighted by molar-refractivity contribution is 5.92. The molecule has 0 radical (unpaired) electrons. The second kappa shape index (κ2) is 12.4. The predicted molar refractivity (Wildman–Crippen MR) is 107 cm³/mol. The van der Waals surface area contributed by atoms with Crippen molar-refractivity contribution in [2.24, 2.45) is 4.99 Å². The zero-order valence-corrected chi connectivity index (χ0v) is 16.7. The SMILES string of the molecule is CN=C(NCCCNC(=O)c1occc1C)NCCCOC1CCCCC1. The summed E-state index contributed by atoms with van der Waals surface area (Å²) in [5.74, 6) is 0.995. The maximum atomic E-state index is 11.9. The van der Waals surface area contributed by atoms with Crippen LogP contribution in [0, 0.1) is 6.92 Å². The zero-order chi connectivity index (χ0) is 19.3. The number of carbonyl (C=O) groups excluding carboxylic acids is 1. The van der Waals surface area contributed by atoms with E-state index in [2.05, 4.69) is 20.9 Å². The number of aliphatic imine (C=N–C) groups is 1. The van der Waals surface area contributed by atoms with Crippen LogP contribution in [0.25, 0.3) is 0 Å². The summed E-state index contributed by atoms with van der Waals surface area (Å²) in [6, 6.07) is 1.78. The van der Waals surface area contributed by atoms with Gasteiger partial charge in [0.05, 0.1) is 12.4 Å². The minimum atomic E-state index is -0.169. The van der Waals surface area contributed by atoms with Crippen LogP contribution in [0.5, 0.6) is 0 Å². The number of hydrogen-bond donors (Lipinski definition) is 3. The van der Waals surface area contributed by atoms with Crippen molar-refractivity contribution >= 4 is 11.9 Å². The van der Waals surface area contributed by atoms with Gasteiger partial charge >= 0.3 is 0 Å². The molecule has 7 heteroatoms. The van der Waals surface area contributed by atoms with E-state index in [9.17, 15) is 4.79 Å². The van der Waals surface area contributed by atoms with Crippen LogP contribution < -0.4 is 16.0 Å². The summed E-state index contributed by atoms with van der Waals surface area (Å²) in [5, 5.41) is 9.41. The molecule has 27 heavy (non-hydrogen) atoms. The lowest BCUT2D eigenvalue weighted by atomic mass is 9.98. The fourth-order valence-corrected chi connectivity index (χ4v) is 3.16. The van der Waals surface area contributed by atoms with Crippen molar-refractivity contribution < 1.29 is 13.9 Å². The fraction of sp³-hybridized carbons (Fsp3) is 0.700. The summed E-state index contributed by atoms with van der Waals surface area (Å²) in [4.78, 5) is 16.1. The molecule has 7 nitrogen and oxygen atoms in total. The monoisotopic (exact) mass is 378 g/mol. The van der Waals surface area contributed by atoms with Gasteiger partial charge in [-0.15, -0.1) is 0 Å². The van der Waals surface area contributed by atoms with Crippen LogP contribution in [0.2, 0.25) is 0 Å². The van der Waals surface area contributed by atoms with Crippen molar-refractivity contribution in [2.45, 2.75) is 58.0 Å². The molecule has 2 rings (SSSR count). The van der Waals surface area contributed by atoms with Crippen molar-refractivity contribution in [2.75, 3.05) is 33.3 Å². The van der Waals surface area contributed by atoms with E-state index in [1.165, 1.54) is 38.4 Å². The van der Waals surface area contributed by atoms with Gasteiger partial charge in [0, 0.05) is 38.9 Å². The van der Waals surface area contributed by atoms with E-state index in [0.29, 0.717) is 18.4 Å². The van der Waals surface area contributed by atoms with Crippen LogP contribution in [-0.4, -0.2) is 51.3 Å². The Kier molecular flexibility index (Phi) is 9.76. The van der Waals surface area contributed by atoms with E-state index in [1.54, 1.807) is 13.1 Å².